The molecule has 6 rings (SSSR count). The van der Waals surface area contributed by atoms with Crippen LogP contribution in [0, 0.1) is 0 Å². The molecule has 1 fully saturated rings. The number of rotatable bonds is 5. The van der Waals surface area contributed by atoms with E-state index in [4.69, 9.17) is 9.47 Å². The van der Waals surface area contributed by atoms with Crippen molar-refractivity contribution in [3.63, 3.8) is 0 Å². The second-order valence-corrected chi connectivity index (χ2v) is 10.4. The minimum Gasteiger partial charge on any atom is -0.477 e. The summed E-state index contributed by atoms with van der Waals surface area (Å²) in [4.78, 5) is 20.6. The maximum Gasteiger partial charge on any atom is 0.346 e. The summed E-state index contributed by atoms with van der Waals surface area (Å²) in [6, 6.07) is 7.94. The van der Waals surface area contributed by atoms with Gasteiger partial charge in [-0.15, -0.1) is 22.7 Å². The molecule has 3 aromatic rings. The first-order valence-corrected chi connectivity index (χ1v) is 12.8. The Labute approximate surface area is 199 Å². The number of nitrogens with one attached hydrogen (secondary N) is 1. The highest BCUT2D eigenvalue weighted by Gasteiger charge is 2.35. The minimum absolute atomic E-state index is 0.155. The summed E-state index contributed by atoms with van der Waals surface area (Å²) in [5.41, 5.74) is 4.81. The second-order valence-electron chi connectivity index (χ2n) is 8.63. The number of piperidine rings is 1. The fraction of sp³-hybridized carbons (Fsp3) is 0.391. The van der Waals surface area contributed by atoms with Crippen LogP contribution in [0.4, 0.5) is 10.7 Å². The Hall–Kier alpha value is -2.82. The average molecular weight is 485 g/mol. The molecule has 0 amide bonds. The normalized spacial score (nSPS) is 22.4. The predicted octanol–water partition coefficient (Wildman–Crippen LogP) is 4.44. The summed E-state index contributed by atoms with van der Waals surface area (Å²) in [5, 5.41) is 15.6. The molecule has 0 bridgehead atoms. The number of para-hydroxylation sites is 1. The molecule has 0 saturated carbocycles. The summed E-state index contributed by atoms with van der Waals surface area (Å²) in [7, 11) is 2.03. The van der Waals surface area contributed by atoms with E-state index in [0.717, 1.165) is 60.4 Å². The fourth-order valence-electron chi connectivity index (χ4n) is 4.89. The lowest BCUT2D eigenvalue weighted by Crippen LogP contribution is -2.46. The highest BCUT2D eigenvalue weighted by atomic mass is 32.1. The van der Waals surface area contributed by atoms with Crippen molar-refractivity contribution in [2.45, 2.75) is 31.2 Å². The number of carboxylic acids is 1. The van der Waals surface area contributed by atoms with Crippen LogP contribution in [0.2, 0.25) is 0 Å². The van der Waals surface area contributed by atoms with E-state index < -0.39 is 12.3 Å². The number of likely N-dealkylation sites (N-methyl/N-ethyl adjacent to an activating group) is 1. The number of thiazole rings is 1. The van der Waals surface area contributed by atoms with Crippen LogP contribution in [-0.2, 0) is 0 Å². The second kappa shape index (κ2) is 8.19. The molecule has 3 aliphatic rings. The van der Waals surface area contributed by atoms with E-state index in [-0.39, 0.29) is 6.17 Å². The van der Waals surface area contributed by atoms with E-state index in [1.54, 1.807) is 11.6 Å². The molecule has 0 aliphatic carbocycles. The molecular formula is C23H24N4O4S2. The molecule has 8 nitrogen and oxygen atoms in total. The van der Waals surface area contributed by atoms with E-state index >= 15 is 0 Å². The van der Waals surface area contributed by atoms with Crippen molar-refractivity contribution in [3.05, 3.63) is 51.3 Å². The number of anilines is 2. The molecule has 3 aliphatic heterocycles. The van der Waals surface area contributed by atoms with Crippen molar-refractivity contribution in [3.8, 4) is 11.5 Å². The van der Waals surface area contributed by atoms with Gasteiger partial charge in [-0.25, -0.2) is 9.78 Å². The van der Waals surface area contributed by atoms with Gasteiger partial charge in [-0.2, -0.15) is 0 Å². The van der Waals surface area contributed by atoms with Gasteiger partial charge >= 0.3 is 5.97 Å². The number of carbonyl (C=O) groups is 1. The molecule has 33 heavy (non-hydrogen) atoms. The van der Waals surface area contributed by atoms with Crippen molar-refractivity contribution in [1.82, 2.24) is 9.88 Å². The Morgan fingerprint density at radius 1 is 1.30 bits per heavy atom. The summed E-state index contributed by atoms with van der Waals surface area (Å²) >= 11 is 2.85. The number of carboxylic acid groups (broad SMARTS) is 1. The van der Waals surface area contributed by atoms with Gasteiger partial charge in [0, 0.05) is 24.5 Å². The number of benzene rings is 1. The summed E-state index contributed by atoms with van der Waals surface area (Å²) in [6.07, 6.45) is 1.81. The third kappa shape index (κ3) is 3.71. The van der Waals surface area contributed by atoms with Crippen LogP contribution >= 0.6 is 22.7 Å². The van der Waals surface area contributed by atoms with Crippen LogP contribution in [0.25, 0.3) is 0 Å². The van der Waals surface area contributed by atoms with Gasteiger partial charge in [-0.1, -0.05) is 12.1 Å². The van der Waals surface area contributed by atoms with E-state index in [9.17, 15) is 9.90 Å². The van der Waals surface area contributed by atoms with E-state index in [1.165, 1.54) is 28.2 Å². The number of nitrogens with zero attached hydrogens (tertiary/aromatic N) is 3. The quantitative estimate of drug-likeness (QED) is 0.550. The Kier molecular flexibility index (Phi) is 5.16. The highest BCUT2D eigenvalue weighted by Crippen LogP contribution is 2.47. The molecule has 0 radical (unpaired) electrons. The lowest BCUT2D eigenvalue weighted by Gasteiger charge is -2.35. The Bertz CT molecular complexity index is 1170. The summed E-state index contributed by atoms with van der Waals surface area (Å²) < 4.78 is 12.2. The number of likely N-dealkylation sites (tertiary alicyclic amines) is 1. The number of hydrogen-bond donors (Lipinski definition) is 2. The Morgan fingerprint density at radius 3 is 2.88 bits per heavy atom. The van der Waals surface area contributed by atoms with Crippen LogP contribution in [-0.4, -0.2) is 53.8 Å². The summed E-state index contributed by atoms with van der Waals surface area (Å²) in [5.74, 6) is 1.23. The van der Waals surface area contributed by atoms with Crippen LogP contribution in [0.5, 0.6) is 11.5 Å². The van der Waals surface area contributed by atoms with Gasteiger partial charge in [0.05, 0.1) is 11.2 Å². The fourth-order valence-corrected chi connectivity index (χ4v) is 6.42. The largest absolute Gasteiger partial charge is 0.477 e. The number of hydrogen-bond acceptors (Lipinski definition) is 9. The van der Waals surface area contributed by atoms with Crippen molar-refractivity contribution in [2.75, 3.05) is 36.9 Å². The highest BCUT2D eigenvalue weighted by molar-refractivity contribution is 7.18. The van der Waals surface area contributed by atoms with Gasteiger partial charge in [0.2, 0.25) is 0 Å². The molecule has 2 atom stereocenters. The van der Waals surface area contributed by atoms with Crippen molar-refractivity contribution >= 4 is 39.3 Å². The standard InChI is InChI=1S/C23H24N4O4S2/c1-26-16-9-18(22(28)29)33-21(16)25-19(26)10-27-7-5-13(6-8-27)14-3-2-4-17-20(14)31-23(30-17)15-11-32-12-24-15/h2-4,9,11-13,19,23,25H,5-8,10H2,1H3,(H,28,29). The number of ether oxygens (including phenoxy) is 2. The SMILES string of the molecule is CN1c2cc(C(=O)O)sc2NC1CN1CCC(c2cccc3c2OC(c2cscn2)O3)CC1. The molecule has 2 aromatic heterocycles. The number of aromatic carboxylic acids is 1. The third-order valence-electron chi connectivity index (χ3n) is 6.69. The van der Waals surface area contributed by atoms with Crippen LogP contribution in [0.1, 0.15) is 46.0 Å². The van der Waals surface area contributed by atoms with Gasteiger partial charge < -0.3 is 24.8 Å². The van der Waals surface area contributed by atoms with Gasteiger partial charge in [-0.05, 0) is 44.0 Å². The minimum atomic E-state index is -0.872. The van der Waals surface area contributed by atoms with Crippen LogP contribution < -0.4 is 19.7 Å². The van der Waals surface area contributed by atoms with E-state index in [2.05, 4.69) is 32.2 Å². The molecule has 2 unspecified atom stereocenters. The van der Waals surface area contributed by atoms with Gasteiger partial charge in [0.1, 0.15) is 21.7 Å². The molecule has 0 spiro atoms. The zero-order valence-electron chi connectivity index (χ0n) is 18.1. The number of aromatic nitrogens is 1. The number of thiophene rings is 1. The molecule has 2 N–H and O–H groups in total. The smallest absolute Gasteiger partial charge is 0.346 e. The van der Waals surface area contributed by atoms with Crippen molar-refractivity contribution < 1.29 is 19.4 Å². The van der Waals surface area contributed by atoms with Gasteiger partial charge in [-0.3, -0.25) is 4.90 Å². The van der Waals surface area contributed by atoms with Crippen LogP contribution in [0.3, 0.4) is 0 Å². The monoisotopic (exact) mass is 484 g/mol. The number of fused-ring (bicyclic) bond motifs is 2. The summed E-state index contributed by atoms with van der Waals surface area (Å²) in [6.45, 7) is 2.90. The predicted molar refractivity (Wildman–Crippen MR) is 128 cm³/mol. The first-order chi connectivity index (χ1) is 16.1. The van der Waals surface area contributed by atoms with E-state index in [1.807, 2.05) is 18.5 Å². The maximum absolute atomic E-state index is 11.2. The molecule has 1 saturated heterocycles. The van der Waals surface area contributed by atoms with Crippen molar-refractivity contribution in [2.24, 2.45) is 0 Å². The van der Waals surface area contributed by atoms with E-state index in [0.29, 0.717) is 10.8 Å². The maximum atomic E-state index is 11.2. The molecule has 172 valence electrons. The molecule has 1 aromatic carbocycles. The molecule has 5 heterocycles. The zero-order chi connectivity index (χ0) is 22.5. The van der Waals surface area contributed by atoms with Gasteiger partial charge in [0.15, 0.2) is 11.5 Å². The zero-order valence-corrected chi connectivity index (χ0v) is 19.7. The first kappa shape index (κ1) is 20.8. The lowest BCUT2D eigenvalue weighted by atomic mass is 9.88. The lowest BCUT2D eigenvalue weighted by molar-refractivity contribution is 0.0444. The topological polar surface area (TPSA) is 87.2 Å². The van der Waals surface area contributed by atoms with Crippen molar-refractivity contribution in [1.29, 1.82) is 0 Å². The van der Waals surface area contributed by atoms with Gasteiger partial charge in [0.25, 0.3) is 6.29 Å². The first-order valence-electron chi connectivity index (χ1n) is 11.0. The average Bonchev–Trinajstić information content (AvgIpc) is 3.60. The molecule has 10 heteroatoms. The van der Waals surface area contributed by atoms with Crippen LogP contribution in [0.15, 0.2) is 35.2 Å². The third-order valence-corrected chi connectivity index (χ3v) is 8.34. The Balaban J connectivity index is 1.08. The molecular weight excluding hydrogens is 460 g/mol. The Morgan fingerprint density at radius 2 is 2.15 bits per heavy atom.